The third-order valence-corrected chi connectivity index (χ3v) is 5.20. The maximum atomic E-state index is 13.4. The Labute approximate surface area is 171 Å². The normalized spacial score (nSPS) is 16.8. The number of aromatic nitrogens is 6. The zero-order chi connectivity index (χ0) is 21.8. The molecule has 0 fully saturated rings. The Kier molecular flexibility index (Phi) is 4.38. The second kappa shape index (κ2) is 7.00. The van der Waals surface area contributed by atoms with Gasteiger partial charge in [-0.05, 0) is 18.2 Å². The van der Waals surface area contributed by atoms with Gasteiger partial charge < -0.3 is 9.88 Å². The molecule has 12 heteroatoms. The van der Waals surface area contributed by atoms with Gasteiger partial charge in [0.05, 0.1) is 35.6 Å². The Morgan fingerprint density at radius 1 is 1.19 bits per heavy atom. The lowest BCUT2D eigenvalue weighted by atomic mass is 9.99. The number of hydrogen-bond donors (Lipinski definition) is 1. The molecule has 0 radical (unpaired) electrons. The van der Waals surface area contributed by atoms with Crippen molar-refractivity contribution in [2.45, 2.75) is 25.1 Å². The van der Waals surface area contributed by atoms with E-state index in [1.165, 1.54) is 41.4 Å². The zero-order valence-electron chi connectivity index (χ0n) is 15.7. The number of nitrogens with zero attached hydrogens (tertiary/aromatic N) is 6. The van der Waals surface area contributed by atoms with E-state index in [9.17, 15) is 22.0 Å². The highest BCUT2D eigenvalue weighted by Gasteiger charge is 2.37. The molecule has 0 aromatic carbocycles. The molecule has 0 amide bonds. The van der Waals surface area contributed by atoms with Gasteiger partial charge in [-0.15, -0.1) is 0 Å². The standard InChI is InChI=1S/C19H14F5N7/c20-18(21)10-2-1-4-31-13(10)6-12(29-31)17-16-11(26-9-27-16)3-5-30(17)15-8-25-7-14(28-15)19(22,23)24/h1-2,4,6-9,17-18H,3,5H2,(H,26,27)/t17-/m0/s1. The lowest BCUT2D eigenvalue weighted by Gasteiger charge is -2.34. The largest absolute Gasteiger partial charge is 0.434 e. The van der Waals surface area contributed by atoms with Crippen molar-refractivity contribution in [3.8, 4) is 0 Å². The van der Waals surface area contributed by atoms with E-state index < -0.39 is 24.3 Å². The summed E-state index contributed by atoms with van der Waals surface area (Å²) in [7, 11) is 0. The number of aromatic amines is 1. The Hall–Kier alpha value is -3.57. The highest BCUT2D eigenvalue weighted by Crippen LogP contribution is 2.37. The van der Waals surface area contributed by atoms with Gasteiger partial charge in [0.1, 0.15) is 11.9 Å². The maximum Gasteiger partial charge on any atom is 0.434 e. The van der Waals surface area contributed by atoms with Gasteiger partial charge in [0.2, 0.25) is 0 Å². The van der Waals surface area contributed by atoms with E-state index in [0.29, 0.717) is 30.6 Å². The van der Waals surface area contributed by atoms with Crippen molar-refractivity contribution in [1.82, 2.24) is 29.5 Å². The molecule has 7 nitrogen and oxygen atoms in total. The molecule has 5 heterocycles. The summed E-state index contributed by atoms with van der Waals surface area (Å²) in [5.74, 6) is -0.000357. The molecule has 0 saturated heterocycles. The van der Waals surface area contributed by atoms with E-state index in [1.54, 1.807) is 4.90 Å². The topological polar surface area (TPSA) is 75.0 Å². The summed E-state index contributed by atoms with van der Waals surface area (Å²) >= 11 is 0. The summed E-state index contributed by atoms with van der Waals surface area (Å²) < 4.78 is 67.7. The minimum atomic E-state index is -4.65. The minimum Gasteiger partial charge on any atom is -0.348 e. The average Bonchev–Trinajstić information content (AvgIpc) is 3.38. The predicted molar refractivity (Wildman–Crippen MR) is 98.7 cm³/mol. The lowest BCUT2D eigenvalue weighted by Crippen LogP contribution is -2.37. The zero-order valence-corrected chi connectivity index (χ0v) is 15.7. The summed E-state index contributed by atoms with van der Waals surface area (Å²) in [6.07, 6.45) is -1.96. The van der Waals surface area contributed by atoms with Gasteiger partial charge >= 0.3 is 6.18 Å². The number of H-pyrrole nitrogens is 1. The second-order valence-corrected chi connectivity index (χ2v) is 7.04. The summed E-state index contributed by atoms with van der Waals surface area (Å²) in [4.78, 5) is 16.4. The van der Waals surface area contributed by atoms with Crippen LogP contribution < -0.4 is 4.90 Å². The van der Waals surface area contributed by atoms with Gasteiger partial charge in [0.25, 0.3) is 6.43 Å². The first-order valence-corrected chi connectivity index (χ1v) is 9.27. The fourth-order valence-corrected chi connectivity index (χ4v) is 3.83. The molecule has 0 bridgehead atoms. The highest BCUT2D eigenvalue weighted by molar-refractivity contribution is 5.58. The fourth-order valence-electron chi connectivity index (χ4n) is 3.83. The van der Waals surface area contributed by atoms with Crippen LogP contribution >= 0.6 is 0 Å². The number of imidazole rings is 1. The van der Waals surface area contributed by atoms with Crippen molar-refractivity contribution in [1.29, 1.82) is 0 Å². The van der Waals surface area contributed by atoms with Crippen LogP contribution in [0, 0.1) is 0 Å². The molecule has 1 N–H and O–H groups in total. The average molecular weight is 435 g/mol. The van der Waals surface area contributed by atoms with Gasteiger partial charge in [0, 0.05) is 30.4 Å². The van der Waals surface area contributed by atoms with Crippen LogP contribution in [0.15, 0.2) is 43.1 Å². The number of anilines is 1. The van der Waals surface area contributed by atoms with Crippen molar-refractivity contribution >= 4 is 11.3 Å². The highest BCUT2D eigenvalue weighted by atomic mass is 19.4. The van der Waals surface area contributed by atoms with E-state index in [4.69, 9.17) is 0 Å². The molecule has 0 saturated carbocycles. The molecule has 1 atom stereocenters. The van der Waals surface area contributed by atoms with Crippen LogP contribution in [0.2, 0.25) is 0 Å². The van der Waals surface area contributed by atoms with E-state index in [-0.39, 0.29) is 16.9 Å². The summed E-state index contributed by atoms with van der Waals surface area (Å²) in [5, 5.41) is 4.42. The Balaban J connectivity index is 1.66. The summed E-state index contributed by atoms with van der Waals surface area (Å²) in [6.45, 7) is 0.311. The molecule has 4 aromatic rings. The first kappa shape index (κ1) is 19.4. The second-order valence-electron chi connectivity index (χ2n) is 7.04. The molecule has 0 aliphatic carbocycles. The van der Waals surface area contributed by atoms with Gasteiger partial charge in [-0.3, -0.25) is 4.98 Å². The van der Waals surface area contributed by atoms with Crippen LogP contribution in [-0.4, -0.2) is 36.1 Å². The number of pyridine rings is 1. The van der Waals surface area contributed by atoms with Crippen molar-refractivity contribution in [2.24, 2.45) is 0 Å². The lowest BCUT2D eigenvalue weighted by molar-refractivity contribution is -0.141. The van der Waals surface area contributed by atoms with Crippen LogP contribution in [0.1, 0.15) is 40.8 Å². The predicted octanol–water partition coefficient (Wildman–Crippen LogP) is 3.96. The first-order chi connectivity index (χ1) is 14.8. The number of alkyl halides is 5. The van der Waals surface area contributed by atoms with Gasteiger partial charge in [-0.25, -0.2) is 23.3 Å². The van der Waals surface area contributed by atoms with Gasteiger partial charge in [-0.2, -0.15) is 18.3 Å². The summed E-state index contributed by atoms with van der Waals surface area (Å²) in [6, 6.07) is 3.55. The van der Waals surface area contributed by atoms with Crippen LogP contribution in [0.25, 0.3) is 5.52 Å². The Bertz CT molecular complexity index is 1250. The third kappa shape index (κ3) is 3.27. The molecular weight excluding hydrogens is 421 g/mol. The van der Waals surface area contributed by atoms with Crippen molar-refractivity contribution in [3.05, 3.63) is 71.5 Å². The van der Waals surface area contributed by atoms with Gasteiger partial charge in [-0.1, -0.05) is 0 Å². The molecular formula is C19H14F5N7. The molecule has 5 rings (SSSR count). The number of halogens is 5. The quantitative estimate of drug-likeness (QED) is 0.493. The fraction of sp³-hybridized carbons (Fsp3) is 0.263. The number of rotatable bonds is 3. The molecule has 160 valence electrons. The number of hydrogen-bond acceptors (Lipinski definition) is 5. The van der Waals surface area contributed by atoms with E-state index >= 15 is 0 Å². The number of nitrogens with one attached hydrogen (secondary N) is 1. The van der Waals surface area contributed by atoms with Crippen molar-refractivity contribution < 1.29 is 22.0 Å². The van der Waals surface area contributed by atoms with Crippen molar-refractivity contribution in [3.63, 3.8) is 0 Å². The molecule has 1 aliphatic heterocycles. The van der Waals surface area contributed by atoms with Gasteiger partial charge in [0.15, 0.2) is 5.69 Å². The Morgan fingerprint density at radius 2 is 2.03 bits per heavy atom. The van der Waals surface area contributed by atoms with E-state index in [1.807, 2.05) is 0 Å². The first-order valence-electron chi connectivity index (χ1n) is 9.27. The molecule has 0 spiro atoms. The smallest absolute Gasteiger partial charge is 0.348 e. The van der Waals surface area contributed by atoms with Crippen LogP contribution in [-0.2, 0) is 12.6 Å². The Morgan fingerprint density at radius 3 is 2.81 bits per heavy atom. The summed E-state index contributed by atoms with van der Waals surface area (Å²) in [5.41, 5.74) is 0.613. The van der Waals surface area contributed by atoms with E-state index in [0.717, 1.165) is 5.69 Å². The third-order valence-electron chi connectivity index (χ3n) is 5.20. The molecule has 0 unspecified atom stereocenters. The molecule has 1 aliphatic rings. The SMILES string of the molecule is FC(F)c1cccn2nc([C@H]3c4nc[nH]c4CCN3c3cncc(C(F)(F)F)n3)cc12. The maximum absolute atomic E-state index is 13.4. The monoisotopic (exact) mass is 435 g/mol. The van der Waals surface area contributed by atoms with Crippen LogP contribution in [0.3, 0.4) is 0 Å². The number of fused-ring (bicyclic) bond motifs is 2. The van der Waals surface area contributed by atoms with Crippen LogP contribution in [0.5, 0.6) is 0 Å². The minimum absolute atomic E-state index is 0.000357. The van der Waals surface area contributed by atoms with Crippen molar-refractivity contribution in [2.75, 3.05) is 11.4 Å². The van der Waals surface area contributed by atoms with Crippen LogP contribution in [0.4, 0.5) is 27.8 Å². The molecule has 31 heavy (non-hydrogen) atoms. The molecule has 4 aromatic heterocycles. The van der Waals surface area contributed by atoms with E-state index in [2.05, 4.69) is 25.0 Å².